The lowest BCUT2D eigenvalue weighted by Crippen LogP contribution is -2.49. The molecule has 1 fully saturated rings. The number of aromatic nitrogens is 6. The van der Waals surface area contributed by atoms with Crippen LogP contribution in [0.3, 0.4) is 0 Å². The number of nitrogens with zero attached hydrogens (tertiary/aromatic N) is 7. The first kappa shape index (κ1) is 21.4. The number of anilines is 1. The minimum atomic E-state index is -0.637. The van der Waals surface area contributed by atoms with E-state index in [1.165, 1.54) is 16.8 Å². The van der Waals surface area contributed by atoms with Crippen molar-refractivity contribution >= 4 is 33.8 Å². The summed E-state index contributed by atoms with van der Waals surface area (Å²) in [7, 11) is 1.95. The largest absolute Gasteiger partial charge is 0.349 e. The molecule has 0 unspecified atom stereocenters. The average Bonchev–Trinajstić information content (AvgIpc) is 3.48. The normalized spacial score (nSPS) is 16.1. The topological polar surface area (TPSA) is 93.8 Å². The van der Waals surface area contributed by atoms with Crippen LogP contribution in [0.1, 0.15) is 23.2 Å². The van der Waals surface area contributed by atoms with E-state index in [4.69, 9.17) is 0 Å². The molecule has 0 saturated carbocycles. The van der Waals surface area contributed by atoms with Gasteiger partial charge in [-0.3, -0.25) is 9.69 Å². The molecule has 5 aromatic rings. The number of amides is 1. The van der Waals surface area contributed by atoms with Crippen LogP contribution in [0.25, 0.3) is 27.8 Å². The van der Waals surface area contributed by atoms with E-state index in [0.717, 1.165) is 30.3 Å². The Morgan fingerprint density at radius 3 is 2.94 bits per heavy atom. The van der Waals surface area contributed by atoms with Gasteiger partial charge in [-0.05, 0) is 55.8 Å². The molecule has 0 aliphatic carbocycles. The van der Waals surface area contributed by atoms with Crippen molar-refractivity contribution in [3.8, 4) is 5.69 Å². The molecule has 0 bridgehead atoms. The lowest BCUT2D eigenvalue weighted by atomic mass is 10.0. The van der Waals surface area contributed by atoms with E-state index < -0.39 is 11.7 Å². The van der Waals surface area contributed by atoms with Crippen molar-refractivity contribution in [2.75, 3.05) is 18.0 Å². The lowest BCUT2D eigenvalue weighted by Gasteiger charge is -2.34. The summed E-state index contributed by atoms with van der Waals surface area (Å²) in [5.74, 6) is -0.550. The fourth-order valence-corrected chi connectivity index (χ4v) is 4.67. The summed E-state index contributed by atoms with van der Waals surface area (Å²) in [4.78, 5) is 24.3. The standard InChI is InChI=1S/C25H23FN8O/c1-32-11-8-16-12-23(29-15-22(16)32)33(18-4-2-9-27-14-18)25(35)19-7-6-17(13-20(19)26)34-24-21(30-31-34)5-3-10-28-24/h3,5-8,10-13,15,18,27H,2,4,9,14H2,1H3/t18-/m1/s1. The van der Waals surface area contributed by atoms with Gasteiger partial charge in [-0.25, -0.2) is 14.4 Å². The van der Waals surface area contributed by atoms with Crippen molar-refractivity contribution in [2.45, 2.75) is 18.9 Å². The fraction of sp³-hybridized carbons (Fsp3) is 0.240. The predicted octanol–water partition coefficient (Wildman–Crippen LogP) is 3.24. The summed E-state index contributed by atoms with van der Waals surface area (Å²) in [5, 5.41) is 12.5. The molecule has 0 radical (unpaired) electrons. The molecule has 6 rings (SSSR count). The van der Waals surface area contributed by atoms with Gasteiger partial charge >= 0.3 is 0 Å². The van der Waals surface area contributed by atoms with Gasteiger partial charge in [0, 0.05) is 37.4 Å². The Morgan fingerprint density at radius 2 is 2.11 bits per heavy atom. The summed E-state index contributed by atoms with van der Waals surface area (Å²) in [6.07, 6.45) is 7.07. The monoisotopic (exact) mass is 470 g/mol. The molecule has 1 amide bonds. The second-order valence-corrected chi connectivity index (χ2v) is 8.71. The number of rotatable bonds is 4. The molecule has 0 spiro atoms. The van der Waals surface area contributed by atoms with E-state index in [0.29, 0.717) is 29.2 Å². The summed E-state index contributed by atoms with van der Waals surface area (Å²) in [6.45, 7) is 1.52. The Labute approximate surface area is 200 Å². The zero-order valence-corrected chi connectivity index (χ0v) is 19.1. The Bertz CT molecular complexity index is 1550. The van der Waals surface area contributed by atoms with Crippen LogP contribution in [-0.2, 0) is 7.05 Å². The maximum Gasteiger partial charge on any atom is 0.262 e. The minimum absolute atomic E-state index is 0.0216. The quantitative estimate of drug-likeness (QED) is 0.434. The van der Waals surface area contributed by atoms with E-state index in [1.807, 2.05) is 29.9 Å². The Morgan fingerprint density at radius 1 is 1.20 bits per heavy atom. The number of nitrogens with one attached hydrogen (secondary N) is 1. The molecule has 1 aliphatic heterocycles. The minimum Gasteiger partial charge on any atom is -0.349 e. The molecule has 4 aromatic heterocycles. The van der Waals surface area contributed by atoms with E-state index in [2.05, 4.69) is 25.6 Å². The Kier molecular flexibility index (Phi) is 5.22. The zero-order valence-electron chi connectivity index (χ0n) is 19.1. The van der Waals surface area contributed by atoms with Gasteiger partial charge in [0.05, 0.1) is 29.0 Å². The highest BCUT2D eigenvalue weighted by Gasteiger charge is 2.30. The van der Waals surface area contributed by atoms with Gasteiger partial charge in [0.25, 0.3) is 5.91 Å². The lowest BCUT2D eigenvalue weighted by molar-refractivity contribution is 0.0967. The molecule has 1 atom stereocenters. The number of hydrogen-bond acceptors (Lipinski definition) is 6. The third kappa shape index (κ3) is 3.71. The van der Waals surface area contributed by atoms with Gasteiger partial charge in [0.15, 0.2) is 5.65 Å². The third-order valence-corrected chi connectivity index (χ3v) is 6.50. The van der Waals surface area contributed by atoms with Crippen molar-refractivity contribution in [1.29, 1.82) is 0 Å². The predicted molar refractivity (Wildman–Crippen MR) is 130 cm³/mol. The molecule has 5 heterocycles. The first-order valence-electron chi connectivity index (χ1n) is 11.5. The smallest absolute Gasteiger partial charge is 0.262 e. The van der Waals surface area contributed by atoms with Crippen LogP contribution < -0.4 is 10.2 Å². The van der Waals surface area contributed by atoms with Crippen LogP contribution in [0.2, 0.25) is 0 Å². The van der Waals surface area contributed by atoms with E-state index >= 15 is 4.39 Å². The maximum absolute atomic E-state index is 15.4. The molecule has 35 heavy (non-hydrogen) atoms. The third-order valence-electron chi connectivity index (χ3n) is 6.50. The number of carbonyl (C=O) groups excluding carboxylic acids is 1. The Balaban J connectivity index is 1.39. The molecule has 1 saturated heterocycles. The fourth-order valence-electron chi connectivity index (χ4n) is 4.67. The summed E-state index contributed by atoms with van der Waals surface area (Å²) >= 11 is 0. The highest BCUT2D eigenvalue weighted by Crippen LogP contribution is 2.27. The van der Waals surface area contributed by atoms with Crippen LogP contribution in [0.15, 0.2) is 61.1 Å². The molecule has 1 aromatic carbocycles. The van der Waals surface area contributed by atoms with Crippen molar-refractivity contribution < 1.29 is 9.18 Å². The van der Waals surface area contributed by atoms with Gasteiger partial charge < -0.3 is 9.88 Å². The number of aryl methyl sites for hydroxylation is 1. The molecular formula is C25H23FN8O. The zero-order chi connectivity index (χ0) is 23.9. The van der Waals surface area contributed by atoms with Crippen LogP contribution in [0.4, 0.5) is 10.2 Å². The van der Waals surface area contributed by atoms with Crippen molar-refractivity contribution in [3.05, 3.63) is 72.4 Å². The van der Waals surface area contributed by atoms with Crippen molar-refractivity contribution in [1.82, 2.24) is 34.8 Å². The van der Waals surface area contributed by atoms with E-state index in [9.17, 15) is 4.79 Å². The van der Waals surface area contributed by atoms with Crippen LogP contribution >= 0.6 is 0 Å². The van der Waals surface area contributed by atoms with E-state index in [-0.39, 0.29) is 11.6 Å². The molecule has 1 aliphatic rings. The number of hydrogen-bond donors (Lipinski definition) is 1. The van der Waals surface area contributed by atoms with E-state index in [1.54, 1.807) is 35.5 Å². The SMILES string of the molecule is Cn1ccc2cc(N(C(=O)c3ccc(-n4nnc5cccnc54)cc3F)[C@@H]3CCCNC3)ncc21. The molecule has 9 nitrogen and oxygen atoms in total. The first-order chi connectivity index (χ1) is 17.1. The van der Waals surface area contributed by atoms with Crippen LogP contribution in [-0.4, -0.2) is 54.6 Å². The van der Waals surface area contributed by atoms with Gasteiger partial charge in [-0.2, -0.15) is 4.68 Å². The van der Waals surface area contributed by atoms with Crippen LogP contribution in [0, 0.1) is 5.82 Å². The number of pyridine rings is 2. The highest BCUT2D eigenvalue weighted by atomic mass is 19.1. The number of halogens is 1. The number of piperidine rings is 1. The summed E-state index contributed by atoms with van der Waals surface area (Å²) in [6, 6.07) is 11.7. The Hall–Kier alpha value is -4.18. The highest BCUT2D eigenvalue weighted by molar-refractivity contribution is 6.07. The second-order valence-electron chi connectivity index (χ2n) is 8.71. The molecule has 1 N–H and O–H groups in total. The van der Waals surface area contributed by atoms with Gasteiger partial charge in [-0.1, -0.05) is 5.21 Å². The van der Waals surface area contributed by atoms with Gasteiger partial charge in [0.1, 0.15) is 17.2 Å². The van der Waals surface area contributed by atoms with Crippen molar-refractivity contribution in [2.24, 2.45) is 7.05 Å². The second kappa shape index (κ2) is 8.55. The summed E-state index contributed by atoms with van der Waals surface area (Å²) in [5.41, 5.74) is 2.50. The van der Waals surface area contributed by atoms with Gasteiger partial charge in [0.2, 0.25) is 0 Å². The maximum atomic E-state index is 15.4. The number of carbonyl (C=O) groups is 1. The average molecular weight is 471 g/mol. The molecular weight excluding hydrogens is 447 g/mol. The first-order valence-corrected chi connectivity index (χ1v) is 11.5. The van der Waals surface area contributed by atoms with Gasteiger partial charge in [-0.15, -0.1) is 5.10 Å². The van der Waals surface area contributed by atoms with Crippen LogP contribution in [0.5, 0.6) is 0 Å². The number of fused-ring (bicyclic) bond motifs is 2. The van der Waals surface area contributed by atoms with Crippen molar-refractivity contribution in [3.63, 3.8) is 0 Å². The molecule has 176 valence electrons. The molecule has 10 heteroatoms. The summed E-state index contributed by atoms with van der Waals surface area (Å²) < 4.78 is 18.9. The number of benzene rings is 1.